The zero-order chi connectivity index (χ0) is 13.7. The number of benzene rings is 1. The number of aryl methyl sites for hydroxylation is 1. The van der Waals surface area contributed by atoms with Crippen LogP contribution in [0.4, 0.5) is 5.69 Å². The summed E-state index contributed by atoms with van der Waals surface area (Å²) in [5.74, 6) is -1.75. The predicted molar refractivity (Wildman–Crippen MR) is 63.2 cm³/mol. The van der Waals surface area contributed by atoms with E-state index in [-0.39, 0.29) is 24.3 Å². The molecule has 1 rings (SSSR count). The van der Waals surface area contributed by atoms with Gasteiger partial charge in [-0.2, -0.15) is 0 Å². The molecule has 0 saturated heterocycles. The third kappa shape index (κ3) is 3.13. The number of ether oxygens (including phenoxy) is 1. The molecule has 0 fully saturated rings. The maximum atomic E-state index is 11.5. The standard InChI is InChI=1S/C12H13NO5/c1-3-18-12(15)10(14)7-9-6-4-5-8(2)11(9)13(16)17/h4-6H,3,7H2,1-2H3. The van der Waals surface area contributed by atoms with E-state index in [1.54, 1.807) is 26.0 Å². The highest BCUT2D eigenvalue weighted by molar-refractivity contribution is 6.34. The summed E-state index contributed by atoms with van der Waals surface area (Å²) in [7, 11) is 0. The fraction of sp³-hybridized carbons (Fsp3) is 0.333. The average Bonchev–Trinajstić information content (AvgIpc) is 2.28. The number of ketones is 1. The SMILES string of the molecule is CCOC(=O)C(=O)Cc1cccc(C)c1[N+](=O)[O-]. The maximum absolute atomic E-state index is 11.5. The monoisotopic (exact) mass is 251 g/mol. The van der Waals surface area contributed by atoms with Gasteiger partial charge in [0.15, 0.2) is 0 Å². The third-order valence-corrected chi connectivity index (χ3v) is 2.36. The number of carbonyl (C=O) groups excluding carboxylic acids is 2. The molecule has 0 bridgehead atoms. The van der Waals surface area contributed by atoms with Crippen LogP contribution < -0.4 is 0 Å². The number of hydrogen-bond donors (Lipinski definition) is 0. The molecule has 0 spiro atoms. The van der Waals surface area contributed by atoms with Crippen LogP contribution in [0.3, 0.4) is 0 Å². The van der Waals surface area contributed by atoms with Gasteiger partial charge in [-0.3, -0.25) is 14.9 Å². The predicted octanol–water partition coefficient (Wildman–Crippen LogP) is 1.58. The Morgan fingerprint density at radius 1 is 1.39 bits per heavy atom. The molecule has 0 aliphatic heterocycles. The lowest BCUT2D eigenvalue weighted by molar-refractivity contribution is -0.386. The minimum atomic E-state index is -0.965. The summed E-state index contributed by atoms with van der Waals surface area (Å²) in [5.41, 5.74) is 0.544. The molecule has 6 nitrogen and oxygen atoms in total. The number of nitro groups is 1. The van der Waals surface area contributed by atoms with E-state index in [0.29, 0.717) is 5.56 Å². The van der Waals surface area contributed by atoms with E-state index in [1.165, 1.54) is 6.07 Å². The van der Waals surface area contributed by atoms with Gasteiger partial charge in [-0.25, -0.2) is 4.79 Å². The molecule has 18 heavy (non-hydrogen) atoms. The van der Waals surface area contributed by atoms with Gasteiger partial charge in [-0.1, -0.05) is 18.2 Å². The van der Waals surface area contributed by atoms with Crippen LogP contribution in [0, 0.1) is 17.0 Å². The molecule has 0 aliphatic carbocycles. The van der Waals surface area contributed by atoms with E-state index in [1.807, 2.05) is 0 Å². The lowest BCUT2D eigenvalue weighted by Crippen LogP contribution is -2.20. The molecule has 96 valence electrons. The van der Waals surface area contributed by atoms with E-state index < -0.39 is 16.7 Å². The number of nitro benzene ring substituents is 1. The first kappa shape index (κ1) is 13.8. The molecule has 0 N–H and O–H groups in total. The van der Waals surface area contributed by atoms with Crippen molar-refractivity contribution in [3.63, 3.8) is 0 Å². The summed E-state index contributed by atoms with van der Waals surface area (Å²) in [6.45, 7) is 3.26. The molecule has 0 radical (unpaired) electrons. The Hall–Kier alpha value is -2.24. The van der Waals surface area contributed by atoms with E-state index in [0.717, 1.165) is 0 Å². The molecular formula is C12H13NO5. The summed E-state index contributed by atoms with van der Waals surface area (Å²) in [5, 5.41) is 10.9. The number of hydrogen-bond acceptors (Lipinski definition) is 5. The number of rotatable bonds is 5. The van der Waals surface area contributed by atoms with Crippen molar-refractivity contribution in [1.29, 1.82) is 0 Å². The highest BCUT2D eigenvalue weighted by Gasteiger charge is 2.22. The summed E-state index contributed by atoms with van der Waals surface area (Å²) in [6.07, 6.45) is -0.323. The molecule has 0 amide bonds. The molecule has 1 aromatic carbocycles. The van der Waals surface area contributed by atoms with Crippen LogP contribution in [0.25, 0.3) is 0 Å². The van der Waals surface area contributed by atoms with Crippen molar-refractivity contribution in [3.05, 3.63) is 39.4 Å². The summed E-state index contributed by atoms with van der Waals surface area (Å²) in [6, 6.07) is 4.65. The van der Waals surface area contributed by atoms with Crippen molar-refractivity contribution in [1.82, 2.24) is 0 Å². The normalized spacial score (nSPS) is 9.89. The highest BCUT2D eigenvalue weighted by Crippen LogP contribution is 2.23. The van der Waals surface area contributed by atoms with Gasteiger partial charge in [-0.05, 0) is 13.8 Å². The Morgan fingerprint density at radius 2 is 2.06 bits per heavy atom. The zero-order valence-corrected chi connectivity index (χ0v) is 10.1. The number of carbonyl (C=O) groups is 2. The number of Topliss-reactive ketones (excluding diaryl/α,β-unsaturated/α-hetero) is 1. The largest absolute Gasteiger partial charge is 0.460 e. The Balaban J connectivity index is 2.98. The van der Waals surface area contributed by atoms with E-state index in [9.17, 15) is 19.7 Å². The highest BCUT2D eigenvalue weighted by atomic mass is 16.6. The van der Waals surface area contributed by atoms with Crippen molar-refractivity contribution in [2.75, 3.05) is 6.61 Å². The minimum absolute atomic E-state index is 0.0977. The fourth-order valence-corrected chi connectivity index (χ4v) is 1.58. The Bertz CT molecular complexity index is 495. The van der Waals surface area contributed by atoms with Gasteiger partial charge < -0.3 is 4.74 Å². The van der Waals surface area contributed by atoms with Gasteiger partial charge in [-0.15, -0.1) is 0 Å². The van der Waals surface area contributed by atoms with E-state index >= 15 is 0 Å². The Labute approximate surface area is 104 Å². The first-order valence-electron chi connectivity index (χ1n) is 5.40. The van der Waals surface area contributed by atoms with Gasteiger partial charge in [0.05, 0.1) is 11.5 Å². The third-order valence-electron chi connectivity index (χ3n) is 2.36. The Kier molecular flexibility index (Phi) is 4.53. The van der Waals surface area contributed by atoms with Crippen molar-refractivity contribution in [3.8, 4) is 0 Å². The van der Waals surface area contributed by atoms with Crippen molar-refractivity contribution >= 4 is 17.4 Å². The van der Waals surface area contributed by atoms with Gasteiger partial charge in [0.1, 0.15) is 0 Å². The molecular weight excluding hydrogens is 238 g/mol. The van der Waals surface area contributed by atoms with Gasteiger partial charge in [0, 0.05) is 17.5 Å². The second-order valence-electron chi connectivity index (χ2n) is 3.66. The second kappa shape index (κ2) is 5.90. The molecule has 0 aliphatic rings. The number of para-hydroxylation sites is 1. The Morgan fingerprint density at radius 3 is 2.61 bits per heavy atom. The summed E-state index contributed by atoms with van der Waals surface area (Å²) >= 11 is 0. The molecule has 0 saturated carbocycles. The smallest absolute Gasteiger partial charge is 0.374 e. The molecule has 0 heterocycles. The first-order chi connectivity index (χ1) is 8.47. The molecule has 1 aromatic rings. The van der Waals surface area contributed by atoms with Crippen LogP contribution in [0.15, 0.2) is 18.2 Å². The summed E-state index contributed by atoms with van der Waals surface area (Å²) < 4.78 is 4.55. The molecule has 0 aromatic heterocycles. The van der Waals surface area contributed by atoms with Crippen LogP contribution >= 0.6 is 0 Å². The average molecular weight is 251 g/mol. The second-order valence-corrected chi connectivity index (χ2v) is 3.66. The molecule has 0 unspecified atom stereocenters. The van der Waals surface area contributed by atoms with Crippen molar-refractivity contribution in [2.45, 2.75) is 20.3 Å². The summed E-state index contributed by atoms with van der Waals surface area (Å²) in [4.78, 5) is 33.0. The molecule has 0 atom stereocenters. The maximum Gasteiger partial charge on any atom is 0.374 e. The van der Waals surface area contributed by atoms with Gasteiger partial charge in [0.25, 0.3) is 5.69 Å². The first-order valence-corrected chi connectivity index (χ1v) is 5.40. The van der Waals surface area contributed by atoms with Crippen LogP contribution in [-0.2, 0) is 20.7 Å². The van der Waals surface area contributed by atoms with Gasteiger partial charge >= 0.3 is 5.97 Å². The minimum Gasteiger partial charge on any atom is -0.460 e. The topological polar surface area (TPSA) is 86.5 Å². The van der Waals surface area contributed by atoms with Crippen LogP contribution in [0.1, 0.15) is 18.1 Å². The number of esters is 1. The van der Waals surface area contributed by atoms with Crippen molar-refractivity contribution in [2.24, 2.45) is 0 Å². The van der Waals surface area contributed by atoms with Crippen molar-refractivity contribution < 1.29 is 19.2 Å². The van der Waals surface area contributed by atoms with E-state index in [2.05, 4.69) is 4.74 Å². The van der Waals surface area contributed by atoms with Crippen LogP contribution in [0.2, 0.25) is 0 Å². The van der Waals surface area contributed by atoms with Crippen LogP contribution in [0.5, 0.6) is 0 Å². The van der Waals surface area contributed by atoms with Gasteiger partial charge in [0.2, 0.25) is 5.78 Å². The number of nitrogens with zero attached hydrogens (tertiary/aromatic N) is 1. The van der Waals surface area contributed by atoms with E-state index in [4.69, 9.17) is 0 Å². The van der Waals surface area contributed by atoms with Crippen LogP contribution in [-0.4, -0.2) is 23.3 Å². The fourth-order valence-electron chi connectivity index (χ4n) is 1.58. The molecule has 6 heteroatoms. The lowest BCUT2D eigenvalue weighted by Gasteiger charge is -2.04. The quantitative estimate of drug-likeness (QED) is 0.343. The lowest BCUT2D eigenvalue weighted by atomic mass is 10.0. The zero-order valence-electron chi connectivity index (χ0n) is 10.1.